The van der Waals surface area contributed by atoms with Crippen LogP contribution in [0.2, 0.25) is 0 Å². The average molecular weight is 463 g/mol. The van der Waals surface area contributed by atoms with Crippen LogP contribution < -0.4 is 10.2 Å². The van der Waals surface area contributed by atoms with E-state index in [1.807, 2.05) is 0 Å². The molecule has 0 heterocycles. The average Bonchev–Trinajstić information content (AvgIpc) is 2.45. The van der Waals surface area contributed by atoms with E-state index in [0.29, 0.717) is 11.1 Å². The molecule has 0 radical (unpaired) electrons. The molecule has 0 saturated carbocycles. The fourth-order valence-corrected chi connectivity index (χ4v) is 2.25. The van der Waals surface area contributed by atoms with Gasteiger partial charge in [0.25, 0.3) is 0 Å². The van der Waals surface area contributed by atoms with Crippen LogP contribution in [0.5, 0.6) is 0 Å². The van der Waals surface area contributed by atoms with Gasteiger partial charge in [-0.2, -0.15) is 0 Å². The Morgan fingerprint density at radius 1 is 0.667 bits per heavy atom. The monoisotopic (exact) mass is 463 g/mol. The smallest absolute Gasteiger partial charge is 0.549 e. The Morgan fingerprint density at radius 2 is 0.952 bits per heavy atom. The Bertz CT molecular complexity index is 543. The van der Waals surface area contributed by atoms with Crippen LogP contribution in [0.4, 0.5) is 0 Å². The molecule has 2 unspecified atom stereocenters. The molecule has 0 saturated heterocycles. The number of hydrogen-bond donors (Lipinski definition) is 0. The van der Waals surface area contributed by atoms with Gasteiger partial charge in [-0.3, -0.25) is 0 Å². The van der Waals surface area contributed by atoms with Crippen LogP contribution in [0.3, 0.4) is 0 Å². The minimum Gasteiger partial charge on any atom is -0.549 e. The zero-order valence-electron chi connectivity index (χ0n) is 10.9. The van der Waals surface area contributed by atoms with Crippen molar-refractivity contribution in [1.29, 1.82) is 0 Å². The van der Waals surface area contributed by atoms with Crippen molar-refractivity contribution in [3.05, 3.63) is 71.8 Å². The Balaban J connectivity index is 0.00000220. The van der Waals surface area contributed by atoms with Gasteiger partial charge in [0.2, 0.25) is 0 Å². The molecule has 4 nitrogen and oxygen atoms in total. The molecule has 0 aliphatic rings. The zero-order valence-corrected chi connectivity index (χ0v) is 13.1. The Labute approximate surface area is 136 Å². The third-order valence-electron chi connectivity index (χ3n) is 3.16. The molecule has 2 atom stereocenters. The van der Waals surface area contributed by atoms with Crippen LogP contribution in [-0.2, 0) is 30.7 Å². The minimum atomic E-state index is -1.44. The largest absolute Gasteiger partial charge is 2.00 e. The molecule has 0 aliphatic heterocycles. The number of benzene rings is 2. The van der Waals surface area contributed by atoms with Gasteiger partial charge in [-0.05, 0) is 11.1 Å². The zero-order chi connectivity index (χ0) is 14.5. The number of carboxylic acid groups (broad SMARTS) is 2. The first kappa shape index (κ1) is 17.1. The predicted molar refractivity (Wildman–Crippen MR) is 68.4 cm³/mol. The van der Waals surface area contributed by atoms with Crippen molar-refractivity contribution >= 4 is 11.9 Å². The predicted octanol–water partition coefficient (Wildman–Crippen LogP) is 0.0513. The fraction of sp³-hybridized carbons (Fsp3) is 0.125. The van der Waals surface area contributed by atoms with Gasteiger partial charge >= 0.3 is 21.1 Å². The van der Waals surface area contributed by atoms with E-state index in [2.05, 4.69) is 0 Å². The second-order valence-corrected chi connectivity index (χ2v) is 4.41. The third-order valence-corrected chi connectivity index (χ3v) is 3.16. The summed E-state index contributed by atoms with van der Waals surface area (Å²) in [7, 11) is 0. The molecular formula is C16H12O4Pt. The molecule has 0 spiro atoms. The van der Waals surface area contributed by atoms with Crippen LogP contribution >= 0.6 is 0 Å². The molecule has 0 aliphatic carbocycles. The minimum absolute atomic E-state index is 0. The molecule has 21 heavy (non-hydrogen) atoms. The van der Waals surface area contributed by atoms with E-state index in [4.69, 9.17) is 0 Å². The molecule has 110 valence electrons. The van der Waals surface area contributed by atoms with E-state index in [-0.39, 0.29) is 21.1 Å². The molecule has 0 amide bonds. The number of carbonyl (C=O) groups is 2. The molecule has 0 bridgehead atoms. The van der Waals surface area contributed by atoms with Crippen LogP contribution in [0, 0.1) is 0 Å². The van der Waals surface area contributed by atoms with E-state index in [0.717, 1.165) is 0 Å². The summed E-state index contributed by atoms with van der Waals surface area (Å²) in [5, 5.41) is 22.8. The van der Waals surface area contributed by atoms with Crippen molar-refractivity contribution in [1.82, 2.24) is 0 Å². The van der Waals surface area contributed by atoms with Crippen molar-refractivity contribution in [2.45, 2.75) is 11.8 Å². The van der Waals surface area contributed by atoms with Crippen molar-refractivity contribution in [2.24, 2.45) is 0 Å². The summed E-state index contributed by atoms with van der Waals surface area (Å²) in [4.78, 5) is 22.8. The Kier molecular flexibility index (Phi) is 6.32. The van der Waals surface area contributed by atoms with Crippen LogP contribution in [0.25, 0.3) is 0 Å². The van der Waals surface area contributed by atoms with E-state index >= 15 is 0 Å². The number of aliphatic carboxylic acids is 2. The number of carboxylic acids is 2. The Hall–Kier alpha value is -1.93. The van der Waals surface area contributed by atoms with E-state index in [1.54, 1.807) is 60.7 Å². The van der Waals surface area contributed by atoms with E-state index < -0.39 is 23.8 Å². The van der Waals surface area contributed by atoms with Gasteiger partial charge in [0.1, 0.15) is 0 Å². The molecule has 2 aromatic rings. The van der Waals surface area contributed by atoms with Crippen LogP contribution in [0.1, 0.15) is 23.0 Å². The maximum absolute atomic E-state index is 11.4. The standard InChI is InChI=1S/C16H14O4.Pt/c17-15(18)13(11-7-3-1-4-8-11)14(16(19)20)12-9-5-2-6-10-12;/h1-10,13-14H,(H,17,18)(H,19,20);/q;+2/p-2. The molecule has 2 rings (SSSR count). The van der Waals surface area contributed by atoms with Gasteiger partial charge in [0, 0.05) is 23.8 Å². The summed E-state index contributed by atoms with van der Waals surface area (Å²) in [5.41, 5.74) is 0.760. The summed E-state index contributed by atoms with van der Waals surface area (Å²) in [6.45, 7) is 0. The molecular weight excluding hydrogens is 451 g/mol. The first-order valence-electron chi connectivity index (χ1n) is 6.13. The third kappa shape index (κ3) is 4.02. The van der Waals surface area contributed by atoms with Gasteiger partial charge in [-0.1, -0.05) is 60.7 Å². The summed E-state index contributed by atoms with van der Waals surface area (Å²) in [5.74, 6) is -5.45. The quantitative estimate of drug-likeness (QED) is 0.628. The molecule has 0 N–H and O–H groups in total. The second-order valence-electron chi connectivity index (χ2n) is 4.41. The van der Waals surface area contributed by atoms with E-state index in [1.165, 1.54) is 0 Å². The topological polar surface area (TPSA) is 80.3 Å². The number of rotatable bonds is 5. The van der Waals surface area contributed by atoms with Gasteiger partial charge in [-0.25, -0.2) is 0 Å². The van der Waals surface area contributed by atoms with Crippen molar-refractivity contribution < 1.29 is 40.9 Å². The molecule has 0 aromatic heterocycles. The van der Waals surface area contributed by atoms with Crippen LogP contribution in [0.15, 0.2) is 60.7 Å². The maximum Gasteiger partial charge on any atom is 2.00 e. The van der Waals surface area contributed by atoms with Gasteiger partial charge in [0.15, 0.2) is 0 Å². The van der Waals surface area contributed by atoms with Crippen molar-refractivity contribution in [2.75, 3.05) is 0 Å². The number of hydrogen-bond acceptors (Lipinski definition) is 4. The number of carbonyl (C=O) groups excluding carboxylic acids is 2. The maximum atomic E-state index is 11.4. The van der Waals surface area contributed by atoms with Crippen molar-refractivity contribution in [3.63, 3.8) is 0 Å². The Morgan fingerprint density at radius 3 is 1.19 bits per heavy atom. The molecule has 5 heteroatoms. The SMILES string of the molecule is O=C([O-])C(c1ccccc1)C(C(=O)[O-])c1ccccc1.[Pt+2]. The normalized spacial score (nSPS) is 12.8. The summed E-state index contributed by atoms with van der Waals surface area (Å²) < 4.78 is 0. The molecule has 0 fully saturated rings. The van der Waals surface area contributed by atoms with Gasteiger partial charge in [0.05, 0.1) is 0 Å². The van der Waals surface area contributed by atoms with E-state index in [9.17, 15) is 19.8 Å². The van der Waals surface area contributed by atoms with Gasteiger partial charge in [-0.15, -0.1) is 0 Å². The fourth-order valence-electron chi connectivity index (χ4n) is 2.25. The first-order chi connectivity index (χ1) is 9.61. The molecule has 2 aromatic carbocycles. The van der Waals surface area contributed by atoms with Crippen LogP contribution in [-0.4, -0.2) is 11.9 Å². The second kappa shape index (κ2) is 7.75. The summed E-state index contributed by atoms with van der Waals surface area (Å²) in [6.07, 6.45) is 0. The first-order valence-corrected chi connectivity index (χ1v) is 6.13. The summed E-state index contributed by atoms with van der Waals surface area (Å²) >= 11 is 0. The summed E-state index contributed by atoms with van der Waals surface area (Å²) in [6, 6.07) is 16.4. The van der Waals surface area contributed by atoms with Gasteiger partial charge < -0.3 is 19.8 Å². The van der Waals surface area contributed by atoms with Crippen molar-refractivity contribution in [3.8, 4) is 0 Å².